The summed E-state index contributed by atoms with van der Waals surface area (Å²) in [5.41, 5.74) is -0.236. The predicted molar refractivity (Wildman–Crippen MR) is 34.2 cm³/mol. The van der Waals surface area contributed by atoms with Gasteiger partial charge in [-0.25, -0.2) is 0 Å². The normalized spacial score (nSPS) is 44.6. The van der Waals surface area contributed by atoms with Crippen molar-refractivity contribution in [2.24, 2.45) is 0 Å². The average molecular weight is 181 g/mol. The minimum Gasteiger partial charge on any atom is -0.393 e. The van der Waals surface area contributed by atoms with Crippen LogP contribution < -0.4 is 0 Å². The van der Waals surface area contributed by atoms with E-state index in [1.54, 1.807) is 0 Å². The highest BCUT2D eigenvalue weighted by Crippen LogP contribution is 2.36. The van der Waals surface area contributed by atoms with Crippen LogP contribution in [0, 0.1) is 0 Å². The quantitative estimate of drug-likeness (QED) is 0.497. The molecule has 0 saturated carbocycles. The van der Waals surface area contributed by atoms with Crippen molar-refractivity contribution in [3.63, 3.8) is 0 Å². The van der Waals surface area contributed by atoms with Crippen LogP contribution in [0.5, 0.6) is 0 Å². The smallest absolute Gasteiger partial charge is 0.127 e. The van der Waals surface area contributed by atoms with Crippen LogP contribution in [0.15, 0.2) is 0 Å². The zero-order chi connectivity index (χ0) is 6.20. The van der Waals surface area contributed by atoms with Crippen molar-refractivity contribution in [1.82, 2.24) is 0 Å². The molecule has 0 amide bonds. The molecule has 1 fully saturated rings. The lowest BCUT2D eigenvalue weighted by Gasteiger charge is -1.99. The number of epoxide rings is 1. The van der Waals surface area contributed by atoms with Crippen molar-refractivity contribution in [3.05, 3.63) is 0 Å². The molecule has 8 heavy (non-hydrogen) atoms. The van der Waals surface area contributed by atoms with Crippen molar-refractivity contribution < 1.29 is 9.84 Å². The van der Waals surface area contributed by atoms with Gasteiger partial charge in [0.1, 0.15) is 5.60 Å². The molecule has 1 aliphatic heterocycles. The van der Waals surface area contributed by atoms with E-state index < -0.39 is 0 Å². The van der Waals surface area contributed by atoms with Crippen molar-refractivity contribution in [2.75, 3.05) is 11.9 Å². The molecule has 0 aromatic heterocycles. The zero-order valence-electron chi connectivity index (χ0n) is 4.72. The molecule has 0 aliphatic carbocycles. The fourth-order valence-electron chi connectivity index (χ4n) is 0.666. The second kappa shape index (κ2) is 1.97. The van der Waals surface area contributed by atoms with Crippen LogP contribution in [-0.2, 0) is 4.74 Å². The van der Waals surface area contributed by atoms with E-state index in [0.29, 0.717) is 0 Å². The highest BCUT2D eigenvalue weighted by molar-refractivity contribution is 9.09. The Labute approximate surface area is 57.0 Å². The van der Waals surface area contributed by atoms with Gasteiger partial charge in [-0.05, 0) is 6.92 Å². The molecule has 2 unspecified atom stereocenters. The van der Waals surface area contributed by atoms with Gasteiger partial charge >= 0.3 is 0 Å². The van der Waals surface area contributed by atoms with Gasteiger partial charge < -0.3 is 9.84 Å². The maximum absolute atomic E-state index is 8.67. The predicted octanol–water partition coefficient (Wildman–Crippen LogP) is 0.531. The number of ether oxygens (including phenoxy) is 1. The van der Waals surface area contributed by atoms with E-state index in [1.807, 2.05) is 6.92 Å². The summed E-state index contributed by atoms with van der Waals surface area (Å²) in [6.07, 6.45) is 0.229. The molecule has 1 saturated heterocycles. The third kappa shape index (κ3) is 0.787. The molecule has 2 atom stereocenters. The second-order valence-electron chi connectivity index (χ2n) is 2.12. The Morgan fingerprint density at radius 1 is 1.88 bits per heavy atom. The van der Waals surface area contributed by atoms with E-state index in [-0.39, 0.29) is 18.3 Å². The van der Waals surface area contributed by atoms with Gasteiger partial charge in [-0.1, -0.05) is 15.9 Å². The molecule has 1 N–H and O–H groups in total. The van der Waals surface area contributed by atoms with Crippen LogP contribution >= 0.6 is 15.9 Å². The van der Waals surface area contributed by atoms with E-state index in [4.69, 9.17) is 9.84 Å². The summed E-state index contributed by atoms with van der Waals surface area (Å²) < 4.78 is 5.11. The van der Waals surface area contributed by atoms with Crippen LogP contribution in [0.25, 0.3) is 0 Å². The Kier molecular flexibility index (Phi) is 1.61. The molecule has 2 nitrogen and oxygen atoms in total. The lowest BCUT2D eigenvalue weighted by atomic mass is 10.1. The molecule has 0 spiro atoms. The molecule has 3 heteroatoms. The maximum Gasteiger partial charge on any atom is 0.127 e. The third-order valence-corrected chi connectivity index (χ3v) is 2.54. The Bertz CT molecular complexity index is 84.9. The van der Waals surface area contributed by atoms with Crippen LogP contribution in [-0.4, -0.2) is 28.7 Å². The van der Waals surface area contributed by atoms with Gasteiger partial charge in [-0.2, -0.15) is 0 Å². The molecule has 0 radical (unpaired) electrons. The zero-order valence-corrected chi connectivity index (χ0v) is 6.31. The molecule has 48 valence electrons. The summed E-state index contributed by atoms with van der Waals surface area (Å²) in [6.45, 7) is 2.08. The monoisotopic (exact) mass is 180 g/mol. The molecule has 1 heterocycles. The summed E-state index contributed by atoms with van der Waals surface area (Å²) in [4.78, 5) is 0. The van der Waals surface area contributed by atoms with E-state index >= 15 is 0 Å². The highest BCUT2D eigenvalue weighted by Gasteiger charge is 2.51. The summed E-state index contributed by atoms with van der Waals surface area (Å²) >= 11 is 3.25. The van der Waals surface area contributed by atoms with Crippen molar-refractivity contribution in [1.29, 1.82) is 0 Å². The molecular weight excluding hydrogens is 172 g/mol. The van der Waals surface area contributed by atoms with Gasteiger partial charge in [0.15, 0.2) is 0 Å². The van der Waals surface area contributed by atoms with Crippen LogP contribution in [0.2, 0.25) is 0 Å². The summed E-state index contributed by atoms with van der Waals surface area (Å²) in [5, 5.41) is 9.41. The first-order valence-corrected chi connectivity index (χ1v) is 3.72. The summed E-state index contributed by atoms with van der Waals surface area (Å²) in [6, 6.07) is 0. The Hall–Kier alpha value is 0.400. The second-order valence-corrected chi connectivity index (χ2v) is 2.68. The van der Waals surface area contributed by atoms with Crippen LogP contribution in [0.4, 0.5) is 0 Å². The van der Waals surface area contributed by atoms with Gasteiger partial charge in [0, 0.05) is 5.33 Å². The van der Waals surface area contributed by atoms with Gasteiger partial charge in [-0.3, -0.25) is 0 Å². The van der Waals surface area contributed by atoms with Crippen LogP contribution in [0.1, 0.15) is 6.92 Å². The number of aliphatic hydroxyl groups excluding tert-OH is 1. The van der Waals surface area contributed by atoms with Crippen molar-refractivity contribution >= 4 is 15.9 Å². The average Bonchev–Trinajstić information content (AvgIpc) is 2.43. The highest BCUT2D eigenvalue weighted by atomic mass is 79.9. The van der Waals surface area contributed by atoms with E-state index in [9.17, 15) is 0 Å². The number of alkyl halides is 1. The summed E-state index contributed by atoms with van der Waals surface area (Å²) in [7, 11) is 0. The van der Waals surface area contributed by atoms with Gasteiger partial charge in [0.05, 0.1) is 12.7 Å². The minimum absolute atomic E-state index is 0.124. The first-order chi connectivity index (χ1) is 3.75. The van der Waals surface area contributed by atoms with Gasteiger partial charge in [-0.15, -0.1) is 0 Å². The van der Waals surface area contributed by atoms with E-state index in [2.05, 4.69) is 15.9 Å². The fraction of sp³-hybridized carbons (Fsp3) is 1.00. The molecule has 1 rings (SSSR count). The lowest BCUT2D eigenvalue weighted by molar-refractivity contribution is 0.188. The van der Waals surface area contributed by atoms with Gasteiger partial charge in [0.25, 0.3) is 0 Å². The number of hydrogen-bond donors (Lipinski definition) is 1. The number of hydrogen-bond acceptors (Lipinski definition) is 2. The molecule has 1 aliphatic rings. The topological polar surface area (TPSA) is 32.8 Å². The SMILES string of the molecule is CC1OC1(CO)CBr. The summed E-state index contributed by atoms with van der Waals surface area (Å²) in [5.74, 6) is 0. The number of halogens is 1. The minimum atomic E-state index is -0.236. The van der Waals surface area contributed by atoms with Crippen molar-refractivity contribution in [2.45, 2.75) is 18.6 Å². The van der Waals surface area contributed by atoms with Crippen molar-refractivity contribution in [3.8, 4) is 0 Å². The van der Waals surface area contributed by atoms with Gasteiger partial charge in [0.2, 0.25) is 0 Å². The first kappa shape index (κ1) is 6.52. The Morgan fingerprint density at radius 2 is 2.38 bits per heavy atom. The van der Waals surface area contributed by atoms with E-state index in [1.165, 1.54) is 0 Å². The molecule has 0 aromatic carbocycles. The van der Waals surface area contributed by atoms with E-state index in [0.717, 1.165) is 5.33 Å². The standard InChI is InChI=1S/C5H9BrO2/c1-4-5(2-6,3-7)8-4/h4,7H,2-3H2,1H3. The largest absolute Gasteiger partial charge is 0.393 e. The molecular formula is C5H9BrO2. The number of aliphatic hydroxyl groups is 1. The Balaban J connectivity index is 2.39. The third-order valence-electron chi connectivity index (χ3n) is 1.59. The maximum atomic E-state index is 8.67. The fourth-order valence-corrected chi connectivity index (χ4v) is 1.43. The van der Waals surface area contributed by atoms with Crippen LogP contribution in [0.3, 0.4) is 0 Å². The lowest BCUT2D eigenvalue weighted by Crippen LogP contribution is -2.20. The number of rotatable bonds is 2. The first-order valence-electron chi connectivity index (χ1n) is 2.60. The molecule has 0 aromatic rings. The Morgan fingerprint density at radius 3 is 2.38 bits per heavy atom. The molecule has 0 bridgehead atoms.